The van der Waals surface area contributed by atoms with E-state index in [-0.39, 0.29) is 37.4 Å². The minimum atomic E-state index is -1.03. The Morgan fingerprint density at radius 2 is 0.920 bits per heavy atom. The number of esters is 3. The van der Waals surface area contributed by atoms with E-state index in [9.17, 15) is 24.3 Å². The maximum absolute atomic E-state index is 13.4. The van der Waals surface area contributed by atoms with E-state index in [1.165, 1.54) is 12.1 Å². The van der Waals surface area contributed by atoms with Crippen LogP contribution < -0.4 is 0 Å². The van der Waals surface area contributed by atoms with E-state index in [1.807, 2.05) is 12.1 Å². The zero-order valence-electron chi connectivity index (χ0n) is 45.1. The monoisotopic (exact) mass is 1040 g/mol. The number of ketones is 1. The van der Waals surface area contributed by atoms with Crippen molar-refractivity contribution in [1.82, 2.24) is 4.90 Å². The van der Waals surface area contributed by atoms with Gasteiger partial charge in [-0.1, -0.05) is 171 Å². The molecule has 0 radical (unpaired) electrons. The van der Waals surface area contributed by atoms with Gasteiger partial charge in [-0.15, -0.1) is 0 Å². The number of carbonyl (C=O) groups excluding carboxylic acids is 4. The number of Topliss-reactive ketones (excluding diaryl/α,β-unsaturated/α-hetero) is 1. The van der Waals surface area contributed by atoms with Gasteiger partial charge in [0.1, 0.15) is 13.2 Å². The topological polar surface area (TPSA) is 119 Å². The molecule has 1 saturated heterocycles. The molecule has 406 valence electrons. The van der Waals surface area contributed by atoms with Crippen molar-refractivity contribution in [2.24, 2.45) is 0 Å². The van der Waals surface area contributed by atoms with Gasteiger partial charge in [0, 0.05) is 42.9 Å². The summed E-state index contributed by atoms with van der Waals surface area (Å²) in [5, 5.41) is 11.9. The largest absolute Gasteiger partial charge is 0.462 e. The Morgan fingerprint density at radius 3 is 1.33 bits per heavy atom. The van der Waals surface area contributed by atoms with Gasteiger partial charge in [-0.25, -0.2) is 4.79 Å². The number of hydrogen-bond acceptors (Lipinski definition) is 9. The Labute approximate surface area is 455 Å². The van der Waals surface area contributed by atoms with Crippen molar-refractivity contribution in [3.63, 3.8) is 0 Å². The lowest BCUT2D eigenvalue weighted by Crippen LogP contribution is -2.42. The maximum atomic E-state index is 13.4. The predicted octanol–water partition coefficient (Wildman–Crippen LogP) is 15.7. The molecule has 2 aromatic carbocycles. The summed E-state index contributed by atoms with van der Waals surface area (Å²) in [6.45, 7) is 5.91. The summed E-state index contributed by atoms with van der Waals surface area (Å²) in [7, 11) is 0. The van der Waals surface area contributed by atoms with Crippen LogP contribution in [-0.2, 0) is 29.4 Å². The first-order valence-electron chi connectivity index (χ1n) is 27.5. The van der Waals surface area contributed by atoms with Crippen LogP contribution in [0.25, 0.3) is 0 Å². The van der Waals surface area contributed by atoms with Crippen LogP contribution in [0.2, 0.25) is 5.02 Å². The molecule has 75 heavy (non-hydrogen) atoms. The molecule has 2 aromatic rings. The minimum absolute atomic E-state index is 0.0380. The Bertz CT molecular complexity index is 2130. The smallest absolute Gasteiger partial charge is 0.338 e. The first-order valence-corrected chi connectivity index (χ1v) is 27.9. The molecule has 9 nitrogen and oxygen atoms in total. The lowest BCUT2D eigenvalue weighted by atomic mass is 9.84. The molecule has 0 aromatic heterocycles. The molecule has 1 heterocycles. The highest BCUT2D eigenvalue weighted by Crippen LogP contribution is 2.33. The van der Waals surface area contributed by atoms with Gasteiger partial charge in [0.05, 0.1) is 11.2 Å². The number of hydrogen-bond donors (Lipinski definition) is 1. The number of carbonyl (C=O) groups is 4. The highest BCUT2D eigenvalue weighted by atomic mass is 35.5. The third-order valence-corrected chi connectivity index (χ3v) is 12.6. The highest BCUT2D eigenvalue weighted by Gasteiger charge is 2.33. The molecule has 0 amide bonds. The third-order valence-electron chi connectivity index (χ3n) is 12.3. The van der Waals surface area contributed by atoms with Crippen molar-refractivity contribution in [2.45, 2.75) is 154 Å². The Balaban J connectivity index is 1.42. The summed E-state index contributed by atoms with van der Waals surface area (Å²) in [5.41, 5.74) is 0.682. The number of unbranched alkanes of at least 4 members (excludes halogenated alkanes) is 2. The molecule has 1 aliphatic rings. The van der Waals surface area contributed by atoms with Gasteiger partial charge < -0.3 is 24.2 Å². The molecule has 0 aliphatic carbocycles. The highest BCUT2D eigenvalue weighted by molar-refractivity contribution is 6.30. The number of ether oxygens (including phenoxy) is 3. The number of benzene rings is 2. The number of aliphatic hydroxyl groups is 1. The number of likely N-dealkylation sites (tertiary alicyclic amines) is 1. The van der Waals surface area contributed by atoms with E-state index in [0.717, 1.165) is 89.4 Å². The van der Waals surface area contributed by atoms with Gasteiger partial charge in [-0.05, 0) is 146 Å². The zero-order chi connectivity index (χ0) is 53.9. The molecular weight excluding hydrogens is 958 g/mol. The van der Waals surface area contributed by atoms with Crippen molar-refractivity contribution >= 4 is 35.3 Å². The molecule has 0 saturated carbocycles. The van der Waals surface area contributed by atoms with Crippen molar-refractivity contribution in [3.8, 4) is 0 Å². The van der Waals surface area contributed by atoms with Gasteiger partial charge >= 0.3 is 17.9 Å². The number of rotatable bonds is 38. The second-order valence-corrected chi connectivity index (χ2v) is 19.0. The summed E-state index contributed by atoms with van der Waals surface area (Å²) in [4.78, 5) is 54.3. The van der Waals surface area contributed by atoms with Crippen LogP contribution in [0.15, 0.2) is 170 Å². The van der Waals surface area contributed by atoms with Gasteiger partial charge in [0.15, 0.2) is 11.9 Å². The molecule has 10 heteroatoms. The molecule has 0 bridgehead atoms. The standard InChI is InChI=1S/C65H86ClNO8/c1-3-5-7-9-11-13-15-17-19-21-23-25-27-29-31-33-35-39-62(69)73-54-60(55-74-63(70)40-36-34-32-30-28-26-24-22-20-18-16-14-12-10-8-6-4-2)75-64(71)57-43-41-56(42-44-57)61(68)38-37-51-67-52-49-65(72,50-53-67)58-45-47-59(66)48-46-58/h5-8,11-14,17-20,23-26,29-32,41-48,60,72H,3-4,9-10,15-16,21-22,27-28,33-40,49-55H2,1-2H3/b7-5+,8-6+,13-11+,14-12+,19-17+,20-18+,25-23-,26-24+,31-29+,32-30+. The van der Waals surface area contributed by atoms with Gasteiger partial charge in [0.2, 0.25) is 0 Å². The summed E-state index contributed by atoms with van der Waals surface area (Å²) in [6, 6.07) is 13.6. The quantitative estimate of drug-likeness (QED) is 0.0230. The second kappa shape index (κ2) is 41.4. The number of nitrogens with zero attached hydrogens (tertiary/aromatic N) is 1. The number of halogens is 1. The Morgan fingerprint density at radius 1 is 0.533 bits per heavy atom. The van der Waals surface area contributed by atoms with Gasteiger partial charge in [0.25, 0.3) is 0 Å². The first kappa shape index (κ1) is 63.4. The Kier molecular flexibility index (Phi) is 35.0. The van der Waals surface area contributed by atoms with Crippen LogP contribution in [0, 0.1) is 0 Å². The van der Waals surface area contributed by atoms with Crippen LogP contribution in [0.1, 0.15) is 169 Å². The predicted molar refractivity (Wildman–Crippen MR) is 309 cm³/mol. The number of piperidine rings is 1. The van der Waals surface area contributed by atoms with E-state index in [1.54, 1.807) is 24.3 Å². The molecule has 1 aliphatic heterocycles. The fourth-order valence-electron chi connectivity index (χ4n) is 7.91. The molecule has 3 rings (SSSR count). The van der Waals surface area contributed by atoms with Crippen molar-refractivity contribution in [2.75, 3.05) is 32.8 Å². The van der Waals surface area contributed by atoms with Crippen LogP contribution in [0.5, 0.6) is 0 Å². The number of allylic oxidation sites excluding steroid dienone is 20. The SMILES string of the molecule is CC/C=C/C/C=C/C/C=C/C/C=C\C/C=C/CCCC(=O)OCC(COC(=O)CCC/C=C/C/C=C/C/C=C/C/C=C/C/C=C/CC)OC(=O)c1ccc(C(=O)CCCN2CCC(O)(c3ccc(Cl)cc3)CC2)cc1. The van der Waals surface area contributed by atoms with Crippen molar-refractivity contribution < 1.29 is 38.5 Å². The average Bonchev–Trinajstić information content (AvgIpc) is 3.41. The van der Waals surface area contributed by atoms with Crippen molar-refractivity contribution in [3.05, 3.63) is 192 Å². The molecule has 1 unspecified atom stereocenters. The van der Waals surface area contributed by atoms with E-state index in [0.29, 0.717) is 62.0 Å². The first-order chi connectivity index (χ1) is 36.6. The van der Waals surface area contributed by atoms with Gasteiger partial charge in [-0.3, -0.25) is 14.4 Å². The van der Waals surface area contributed by atoms with Crippen molar-refractivity contribution in [1.29, 1.82) is 0 Å². The summed E-state index contributed by atoms with van der Waals surface area (Å²) >= 11 is 6.04. The third kappa shape index (κ3) is 30.9. The molecule has 1 fully saturated rings. The fourth-order valence-corrected chi connectivity index (χ4v) is 8.04. The summed E-state index contributed by atoms with van der Waals surface area (Å²) < 4.78 is 16.8. The van der Waals surface area contributed by atoms with Crippen LogP contribution in [0.4, 0.5) is 0 Å². The molecular formula is C65H86ClNO8. The van der Waals surface area contributed by atoms with Crippen LogP contribution in [0.3, 0.4) is 0 Å². The van der Waals surface area contributed by atoms with Crippen LogP contribution >= 0.6 is 11.6 Å². The minimum Gasteiger partial charge on any atom is -0.462 e. The molecule has 1 N–H and O–H groups in total. The summed E-state index contributed by atoms with van der Waals surface area (Å²) in [5.74, 6) is -1.60. The fraction of sp³-hybridized carbons (Fsp3) is 0.446. The summed E-state index contributed by atoms with van der Waals surface area (Å²) in [6.07, 6.45) is 56.5. The maximum Gasteiger partial charge on any atom is 0.338 e. The molecule has 0 spiro atoms. The van der Waals surface area contributed by atoms with E-state index in [4.69, 9.17) is 25.8 Å². The second-order valence-electron chi connectivity index (χ2n) is 18.6. The van der Waals surface area contributed by atoms with E-state index >= 15 is 0 Å². The lowest BCUT2D eigenvalue weighted by molar-refractivity contribution is -0.152. The zero-order valence-corrected chi connectivity index (χ0v) is 45.8. The normalized spacial score (nSPS) is 15.0. The average molecular weight is 1040 g/mol. The van der Waals surface area contributed by atoms with Crippen LogP contribution in [-0.4, -0.2) is 72.6 Å². The van der Waals surface area contributed by atoms with Gasteiger partial charge in [-0.2, -0.15) is 0 Å². The lowest BCUT2D eigenvalue weighted by Gasteiger charge is -2.38. The Hall–Kier alpha value is -5.87. The molecule has 1 atom stereocenters. The van der Waals surface area contributed by atoms with E-state index in [2.05, 4.69) is 140 Å². The van der Waals surface area contributed by atoms with E-state index < -0.39 is 29.6 Å².